The third-order valence-electron chi connectivity index (χ3n) is 2.27. The molecular weight excluding hydrogens is 226 g/mol. The highest BCUT2D eigenvalue weighted by Gasteiger charge is 2.12. The van der Waals surface area contributed by atoms with Gasteiger partial charge in [-0.1, -0.05) is 30.7 Å². The Morgan fingerprint density at radius 2 is 2.06 bits per heavy atom. The predicted octanol–water partition coefficient (Wildman–Crippen LogP) is 2.29. The number of amides is 1. The lowest BCUT2D eigenvalue weighted by Gasteiger charge is -2.16. The van der Waals surface area contributed by atoms with Crippen molar-refractivity contribution < 1.29 is 9.90 Å². The molecule has 1 unspecified atom stereocenters. The van der Waals surface area contributed by atoms with E-state index in [0.29, 0.717) is 11.4 Å². The highest BCUT2D eigenvalue weighted by Crippen LogP contribution is 2.16. The molecule has 0 bridgehead atoms. The van der Waals surface area contributed by atoms with Gasteiger partial charge in [-0.3, -0.25) is 4.79 Å². The number of aliphatic hydroxyl groups excluding tert-OH is 1. The summed E-state index contributed by atoms with van der Waals surface area (Å²) in [5.74, 6) is -0.0449. The zero-order chi connectivity index (χ0) is 12.0. The van der Waals surface area contributed by atoms with Gasteiger partial charge in [0.15, 0.2) is 0 Å². The molecule has 0 saturated carbocycles. The Morgan fingerprint density at radius 3 is 2.56 bits per heavy atom. The summed E-state index contributed by atoms with van der Waals surface area (Å²) >= 11 is 5.77. The molecule has 0 aliphatic heterocycles. The van der Waals surface area contributed by atoms with Gasteiger partial charge in [-0.15, -0.1) is 0 Å². The van der Waals surface area contributed by atoms with Crippen LogP contribution >= 0.6 is 11.6 Å². The number of hydrogen-bond acceptors (Lipinski definition) is 2. The first-order valence-corrected chi connectivity index (χ1v) is 5.70. The van der Waals surface area contributed by atoms with Gasteiger partial charge < -0.3 is 10.4 Å². The van der Waals surface area contributed by atoms with Crippen LogP contribution in [0.25, 0.3) is 0 Å². The Bertz CT molecular complexity index is 337. The maximum absolute atomic E-state index is 11.4. The topological polar surface area (TPSA) is 49.3 Å². The van der Waals surface area contributed by atoms with E-state index in [9.17, 15) is 9.90 Å². The van der Waals surface area contributed by atoms with Crippen LogP contribution in [-0.4, -0.2) is 17.6 Å². The van der Waals surface area contributed by atoms with Crippen molar-refractivity contribution in [2.45, 2.75) is 25.8 Å². The van der Waals surface area contributed by atoms with Crippen molar-refractivity contribution in [3.05, 3.63) is 34.9 Å². The second-order valence-corrected chi connectivity index (χ2v) is 4.04. The summed E-state index contributed by atoms with van der Waals surface area (Å²) in [4.78, 5) is 11.4. The molecule has 16 heavy (non-hydrogen) atoms. The number of hydrogen-bond donors (Lipinski definition) is 2. The number of carbonyl (C=O) groups excluding carboxylic acids is 1. The maximum atomic E-state index is 11.4. The maximum Gasteiger partial charge on any atom is 0.220 e. The van der Waals surface area contributed by atoms with E-state index in [0.717, 1.165) is 12.0 Å². The standard InChI is InChI=1S/C12H16ClNO2/c1-2-3-12(16)14-11(8-15)9-4-6-10(13)7-5-9/h4-7,11,15H,2-3,8H2,1H3,(H,14,16). The zero-order valence-electron chi connectivity index (χ0n) is 9.24. The minimum absolute atomic E-state index is 0.0449. The Hall–Kier alpha value is -1.06. The number of nitrogens with one attached hydrogen (secondary N) is 1. The third-order valence-corrected chi connectivity index (χ3v) is 2.52. The van der Waals surface area contributed by atoms with Crippen LogP contribution in [0.2, 0.25) is 5.02 Å². The van der Waals surface area contributed by atoms with Crippen molar-refractivity contribution in [1.82, 2.24) is 5.32 Å². The van der Waals surface area contributed by atoms with E-state index in [1.54, 1.807) is 24.3 Å². The summed E-state index contributed by atoms with van der Waals surface area (Å²) in [6.07, 6.45) is 1.27. The summed E-state index contributed by atoms with van der Waals surface area (Å²) in [5.41, 5.74) is 0.858. The monoisotopic (exact) mass is 241 g/mol. The quantitative estimate of drug-likeness (QED) is 0.831. The van der Waals surface area contributed by atoms with Gasteiger partial charge in [0.1, 0.15) is 0 Å². The molecule has 0 aliphatic rings. The summed E-state index contributed by atoms with van der Waals surface area (Å²) < 4.78 is 0. The first kappa shape index (κ1) is 13.0. The average molecular weight is 242 g/mol. The molecule has 3 nitrogen and oxygen atoms in total. The van der Waals surface area contributed by atoms with E-state index < -0.39 is 0 Å². The molecule has 88 valence electrons. The summed E-state index contributed by atoms with van der Waals surface area (Å²) in [6.45, 7) is 1.83. The molecule has 1 amide bonds. The fraction of sp³-hybridized carbons (Fsp3) is 0.417. The SMILES string of the molecule is CCCC(=O)NC(CO)c1ccc(Cl)cc1. The van der Waals surface area contributed by atoms with Crippen molar-refractivity contribution in [1.29, 1.82) is 0 Å². The molecule has 2 N–H and O–H groups in total. The van der Waals surface area contributed by atoms with E-state index in [1.165, 1.54) is 0 Å². The summed E-state index contributed by atoms with van der Waals surface area (Å²) in [7, 11) is 0. The van der Waals surface area contributed by atoms with Crippen LogP contribution in [0, 0.1) is 0 Å². The van der Waals surface area contributed by atoms with Gasteiger partial charge in [0.25, 0.3) is 0 Å². The smallest absolute Gasteiger partial charge is 0.220 e. The highest BCUT2D eigenvalue weighted by atomic mass is 35.5. The van der Waals surface area contributed by atoms with E-state index in [2.05, 4.69) is 5.32 Å². The van der Waals surface area contributed by atoms with Gasteiger partial charge >= 0.3 is 0 Å². The van der Waals surface area contributed by atoms with Crippen molar-refractivity contribution in [2.24, 2.45) is 0 Å². The minimum atomic E-state index is -0.351. The van der Waals surface area contributed by atoms with Crippen molar-refractivity contribution in [3.8, 4) is 0 Å². The lowest BCUT2D eigenvalue weighted by Crippen LogP contribution is -2.30. The van der Waals surface area contributed by atoms with Crippen LogP contribution < -0.4 is 5.32 Å². The lowest BCUT2D eigenvalue weighted by molar-refractivity contribution is -0.122. The number of carbonyl (C=O) groups is 1. The van der Waals surface area contributed by atoms with Gasteiger partial charge in [0.2, 0.25) is 5.91 Å². The molecule has 1 aromatic rings. The Labute approximate surface area is 100 Å². The molecule has 0 aromatic heterocycles. The zero-order valence-corrected chi connectivity index (χ0v) is 10.00. The predicted molar refractivity (Wildman–Crippen MR) is 64.3 cm³/mol. The van der Waals surface area contributed by atoms with E-state index in [4.69, 9.17) is 11.6 Å². The minimum Gasteiger partial charge on any atom is -0.394 e. The highest BCUT2D eigenvalue weighted by molar-refractivity contribution is 6.30. The van der Waals surface area contributed by atoms with Crippen molar-refractivity contribution >= 4 is 17.5 Å². The summed E-state index contributed by atoms with van der Waals surface area (Å²) in [5, 5.41) is 12.6. The molecule has 0 heterocycles. The number of aliphatic hydroxyl groups is 1. The van der Waals surface area contributed by atoms with Gasteiger partial charge in [0.05, 0.1) is 12.6 Å². The van der Waals surface area contributed by atoms with Crippen LogP contribution in [0.15, 0.2) is 24.3 Å². The fourth-order valence-electron chi connectivity index (χ4n) is 1.42. The molecule has 0 fully saturated rings. The first-order valence-electron chi connectivity index (χ1n) is 5.33. The largest absolute Gasteiger partial charge is 0.394 e. The average Bonchev–Trinajstić information content (AvgIpc) is 2.27. The summed E-state index contributed by atoms with van der Waals surface area (Å²) in [6, 6.07) is 6.73. The van der Waals surface area contributed by atoms with Gasteiger partial charge in [-0.05, 0) is 24.1 Å². The Kier molecular flexibility index (Phi) is 5.29. The molecule has 0 radical (unpaired) electrons. The molecule has 1 atom stereocenters. The van der Waals surface area contributed by atoms with Crippen LogP contribution in [0.4, 0.5) is 0 Å². The van der Waals surface area contributed by atoms with Crippen LogP contribution in [-0.2, 0) is 4.79 Å². The molecule has 4 heteroatoms. The first-order chi connectivity index (χ1) is 7.67. The Morgan fingerprint density at radius 1 is 1.44 bits per heavy atom. The van der Waals surface area contributed by atoms with E-state index in [1.807, 2.05) is 6.92 Å². The van der Waals surface area contributed by atoms with Crippen molar-refractivity contribution in [3.63, 3.8) is 0 Å². The van der Waals surface area contributed by atoms with Crippen LogP contribution in [0.3, 0.4) is 0 Å². The van der Waals surface area contributed by atoms with Crippen LogP contribution in [0.1, 0.15) is 31.4 Å². The fourth-order valence-corrected chi connectivity index (χ4v) is 1.55. The van der Waals surface area contributed by atoms with Crippen molar-refractivity contribution in [2.75, 3.05) is 6.61 Å². The van der Waals surface area contributed by atoms with Gasteiger partial charge in [-0.2, -0.15) is 0 Å². The molecule has 0 aliphatic carbocycles. The number of benzene rings is 1. The third kappa shape index (κ3) is 3.83. The molecular formula is C12H16ClNO2. The van der Waals surface area contributed by atoms with E-state index >= 15 is 0 Å². The molecule has 1 rings (SSSR count). The normalized spacial score (nSPS) is 12.2. The number of halogens is 1. The molecule has 0 saturated heterocycles. The Balaban J connectivity index is 2.67. The van der Waals surface area contributed by atoms with E-state index in [-0.39, 0.29) is 18.6 Å². The second-order valence-electron chi connectivity index (χ2n) is 3.60. The molecule has 0 spiro atoms. The second kappa shape index (κ2) is 6.51. The van der Waals surface area contributed by atoms with Crippen LogP contribution in [0.5, 0.6) is 0 Å². The number of rotatable bonds is 5. The lowest BCUT2D eigenvalue weighted by atomic mass is 10.1. The van der Waals surface area contributed by atoms with Gasteiger partial charge in [-0.25, -0.2) is 0 Å². The molecule has 1 aromatic carbocycles. The van der Waals surface area contributed by atoms with Gasteiger partial charge in [0, 0.05) is 11.4 Å².